The maximum atomic E-state index is 12.0. The minimum atomic E-state index is -1.85. The Morgan fingerprint density at radius 1 is 1.09 bits per heavy atom. The predicted octanol–water partition coefficient (Wildman–Crippen LogP) is 4.90. The smallest absolute Gasteiger partial charge is 0.192 e. The monoisotopic (exact) mass is 316 g/mol. The Bertz CT molecular complexity index is 585. The summed E-state index contributed by atoms with van der Waals surface area (Å²) in [6, 6.07) is 8.65. The Kier molecular flexibility index (Phi) is 3.85. The van der Waals surface area contributed by atoms with Crippen molar-refractivity contribution in [2.75, 3.05) is 0 Å². The van der Waals surface area contributed by atoms with Crippen molar-refractivity contribution in [3.05, 3.63) is 35.4 Å². The van der Waals surface area contributed by atoms with Crippen molar-refractivity contribution < 1.29 is 9.22 Å². The molecule has 0 aliphatic heterocycles. The number of ketones is 1. The van der Waals surface area contributed by atoms with E-state index in [1.807, 2.05) is 0 Å². The van der Waals surface area contributed by atoms with Gasteiger partial charge in [-0.15, -0.1) is 0 Å². The number of benzene rings is 1. The molecule has 0 saturated heterocycles. The van der Waals surface area contributed by atoms with Crippen LogP contribution in [0.15, 0.2) is 24.3 Å². The normalized spacial score (nSPS) is 28.4. The highest BCUT2D eigenvalue weighted by molar-refractivity contribution is 6.74. The SMILES string of the molecule is CC(C)(C)[Si](C)(C)OC1c2ccccc2C[C@H]2CC(=O)C[C@H]12. The first-order chi connectivity index (χ1) is 10.2. The highest BCUT2D eigenvalue weighted by atomic mass is 28.4. The number of carbonyl (C=O) groups is 1. The van der Waals surface area contributed by atoms with Crippen LogP contribution in [-0.2, 0) is 15.6 Å². The first-order valence-electron chi connectivity index (χ1n) is 8.46. The quantitative estimate of drug-likeness (QED) is 0.725. The van der Waals surface area contributed by atoms with Gasteiger partial charge in [0.05, 0.1) is 6.10 Å². The molecule has 1 aromatic rings. The van der Waals surface area contributed by atoms with E-state index in [1.54, 1.807) is 0 Å². The molecule has 2 aliphatic carbocycles. The molecule has 0 radical (unpaired) electrons. The van der Waals surface area contributed by atoms with Gasteiger partial charge in [-0.1, -0.05) is 45.0 Å². The third-order valence-electron chi connectivity index (χ3n) is 6.02. The zero-order valence-corrected chi connectivity index (χ0v) is 15.5. The predicted molar refractivity (Wildman–Crippen MR) is 92.4 cm³/mol. The summed E-state index contributed by atoms with van der Waals surface area (Å²) in [5.41, 5.74) is 2.73. The van der Waals surface area contributed by atoms with Gasteiger partial charge in [0.2, 0.25) is 0 Å². The van der Waals surface area contributed by atoms with Crippen LogP contribution in [0.4, 0.5) is 0 Å². The highest BCUT2D eigenvalue weighted by Gasteiger charge is 2.47. The van der Waals surface area contributed by atoms with Gasteiger partial charge in [0.25, 0.3) is 0 Å². The summed E-state index contributed by atoms with van der Waals surface area (Å²) in [5.74, 6) is 1.29. The third-order valence-corrected chi connectivity index (χ3v) is 10.5. The second-order valence-electron chi connectivity index (χ2n) is 8.57. The second-order valence-corrected chi connectivity index (χ2v) is 13.3. The summed E-state index contributed by atoms with van der Waals surface area (Å²) in [5, 5.41) is 0.192. The molecule has 2 nitrogen and oxygen atoms in total. The van der Waals surface area contributed by atoms with E-state index in [4.69, 9.17) is 4.43 Å². The molecular weight excluding hydrogens is 288 g/mol. The van der Waals surface area contributed by atoms with Gasteiger partial charge < -0.3 is 4.43 Å². The van der Waals surface area contributed by atoms with Crippen LogP contribution in [-0.4, -0.2) is 14.1 Å². The number of hydrogen-bond donors (Lipinski definition) is 0. The lowest BCUT2D eigenvalue weighted by atomic mass is 9.76. The first kappa shape index (κ1) is 15.9. The fourth-order valence-corrected chi connectivity index (χ4v) is 4.98. The van der Waals surface area contributed by atoms with Crippen molar-refractivity contribution in [1.29, 1.82) is 0 Å². The molecular formula is C19H28O2Si. The molecule has 0 aromatic heterocycles. The lowest BCUT2D eigenvalue weighted by Gasteiger charge is -2.44. The van der Waals surface area contributed by atoms with Crippen LogP contribution in [0.2, 0.25) is 18.1 Å². The molecule has 3 rings (SSSR count). The number of hydrogen-bond acceptors (Lipinski definition) is 2. The minimum Gasteiger partial charge on any atom is -0.410 e. The summed E-state index contributed by atoms with van der Waals surface area (Å²) in [6.07, 6.45) is 2.61. The van der Waals surface area contributed by atoms with Gasteiger partial charge in [-0.2, -0.15) is 0 Å². The van der Waals surface area contributed by atoms with Crippen LogP contribution < -0.4 is 0 Å². The second kappa shape index (κ2) is 5.31. The number of rotatable bonds is 2. The number of fused-ring (bicyclic) bond motifs is 2. The molecule has 1 fully saturated rings. The standard InChI is InChI=1S/C19H28O2Si/c1-19(2,3)22(4,5)21-18-16-9-7-6-8-13(16)10-14-11-15(20)12-17(14)18/h6-9,14,17-18H,10-12H2,1-5H3/t14-,17-,18?/m0/s1. The molecule has 22 heavy (non-hydrogen) atoms. The van der Waals surface area contributed by atoms with Gasteiger partial charge in [0.15, 0.2) is 8.32 Å². The average molecular weight is 317 g/mol. The molecule has 120 valence electrons. The summed E-state index contributed by atoms with van der Waals surface area (Å²) >= 11 is 0. The Hall–Kier alpha value is -0.933. The zero-order chi connectivity index (χ0) is 16.1. The topological polar surface area (TPSA) is 26.3 Å². The first-order valence-corrected chi connectivity index (χ1v) is 11.4. The van der Waals surface area contributed by atoms with Crippen LogP contribution in [0.3, 0.4) is 0 Å². The molecule has 1 saturated carbocycles. The molecule has 0 heterocycles. The van der Waals surface area contributed by atoms with Crippen molar-refractivity contribution in [2.45, 2.75) is 64.3 Å². The van der Waals surface area contributed by atoms with E-state index in [0.717, 1.165) is 12.8 Å². The molecule has 1 unspecified atom stereocenters. The van der Waals surface area contributed by atoms with E-state index in [2.05, 4.69) is 58.1 Å². The summed E-state index contributed by atoms with van der Waals surface area (Å²) in [7, 11) is -1.85. The van der Waals surface area contributed by atoms with Gasteiger partial charge in [0.1, 0.15) is 5.78 Å². The van der Waals surface area contributed by atoms with Crippen molar-refractivity contribution in [1.82, 2.24) is 0 Å². The van der Waals surface area contributed by atoms with Gasteiger partial charge >= 0.3 is 0 Å². The van der Waals surface area contributed by atoms with Gasteiger partial charge in [-0.05, 0) is 47.5 Å². The molecule has 0 bridgehead atoms. The molecule has 2 aliphatic rings. The lowest BCUT2D eigenvalue weighted by molar-refractivity contribution is -0.117. The minimum absolute atomic E-state index is 0.113. The molecule has 0 N–H and O–H groups in total. The fourth-order valence-electron chi connectivity index (χ4n) is 3.69. The zero-order valence-electron chi connectivity index (χ0n) is 14.5. The van der Waals surface area contributed by atoms with Crippen LogP contribution in [0.5, 0.6) is 0 Å². The summed E-state index contributed by atoms with van der Waals surface area (Å²) < 4.78 is 6.82. The van der Waals surface area contributed by atoms with Crippen LogP contribution >= 0.6 is 0 Å². The van der Waals surface area contributed by atoms with E-state index in [0.29, 0.717) is 24.0 Å². The van der Waals surface area contributed by atoms with E-state index in [9.17, 15) is 4.79 Å². The molecule has 3 atom stereocenters. The Morgan fingerprint density at radius 2 is 1.77 bits per heavy atom. The Labute approximate surface area is 135 Å². The highest BCUT2D eigenvalue weighted by Crippen LogP contribution is 2.50. The van der Waals surface area contributed by atoms with Crippen molar-refractivity contribution in [2.24, 2.45) is 11.8 Å². The fraction of sp³-hybridized carbons (Fsp3) is 0.632. The van der Waals surface area contributed by atoms with Gasteiger partial charge in [-0.3, -0.25) is 4.79 Å². The van der Waals surface area contributed by atoms with E-state index in [1.165, 1.54) is 11.1 Å². The van der Waals surface area contributed by atoms with Crippen molar-refractivity contribution in [3.63, 3.8) is 0 Å². The number of carbonyl (C=O) groups excluding carboxylic acids is 1. The molecule has 1 aromatic carbocycles. The molecule has 0 spiro atoms. The van der Waals surface area contributed by atoms with E-state index < -0.39 is 8.32 Å². The lowest BCUT2D eigenvalue weighted by Crippen LogP contribution is -2.44. The van der Waals surface area contributed by atoms with E-state index >= 15 is 0 Å². The molecule has 3 heteroatoms. The third kappa shape index (κ3) is 2.69. The summed E-state index contributed by atoms with van der Waals surface area (Å²) in [6.45, 7) is 11.5. The van der Waals surface area contributed by atoms with E-state index in [-0.39, 0.29) is 11.1 Å². The maximum absolute atomic E-state index is 12.0. The van der Waals surface area contributed by atoms with Gasteiger partial charge in [-0.25, -0.2) is 0 Å². The maximum Gasteiger partial charge on any atom is 0.192 e. The van der Waals surface area contributed by atoms with Crippen molar-refractivity contribution >= 4 is 14.1 Å². The average Bonchev–Trinajstić information content (AvgIpc) is 2.77. The van der Waals surface area contributed by atoms with Crippen LogP contribution in [0.25, 0.3) is 0 Å². The van der Waals surface area contributed by atoms with Crippen LogP contribution in [0.1, 0.15) is 50.8 Å². The largest absolute Gasteiger partial charge is 0.410 e. The van der Waals surface area contributed by atoms with Crippen LogP contribution in [0, 0.1) is 11.8 Å². The molecule has 0 amide bonds. The Morgan fingerprint density at radius 3 is 2.45 bits per heavy atom. The van der Waals surface area contributed by atoms with Crippen molar-refractivity contribution in [3.8, 4) is 0 Å². The van der Waals surface area contributed by atoms with Gasteiger partial charge in [0, 0.05) is 12.8 Å². The number of Topliss-reactive ketones (excluding diaryl/α,β-unsaturated/α-hetero) is 1. The summed E-state index contributed by atoms with van der Waals surface area (Å²) in [4.78, 5) is 12.0. The Balaban J connectivity index is 1.98.